The first-order chi connectivity index (χ1) is 8.66. The Morgan fingerprint density at radius 1 is 1.21 bits per heavy atom. The first-order valence-electron chi connectivity index (χ1n) is 6.32. The van der Waals surface area contributed by atoms with E-state index >= 15 is 0 Å². The molecular formula is C14H23NO3Si. The van der Waals surface area contributed by atoms with Crippen LogP contribution in [0.5, 0.6) is 5.88 Å². The molecule has 19 heavy (non-hydrogen) atoms. The monoisotopic (exact) mass is 281 g/mol. The van der Waals surface area contributed by atoms with E-state index in [2.05, 4.69) is 24.6 Å². The summed E-state index contributed by atoms with van der Waals surface area (Å²) in [5, 5.41) is 0. The number of hydrogen-bond donors (Lipinski definition) is 0. The summed E-state index contributed by atoms with van der Waals surface area (Å²) in [7, 11) is -1.75. The van der Waals surface area contributed by atoms with Crippen molar-refractivity contribution < 1.29 is 13.9 Å². The molecule has 106 valence electrons. The molecule has 1 rings (SSSR count). The van der Waals surface area contributed by atoms with Gasteiger partial charge in [-0.2, -0.15) is 0 Å². The van der Waals surface area contributed by atoms with Gasteiger partial charge in [-0.05, 0) is 46.5 Å². The van der Waals surface area contributed by atoms with E-state index < -0.39 is 8.32 Å². The van der Waals surface area contributed by atoms with Gasteiger partial charge in [0.1, 0.15) is 5.60 Å². The van der Waals surface area contributed by atoms with Gasteiger partial charge in [-0.15, -0.1) is 0 Å². The minimum Gasteiger partial charge on any atom is -0.517 e. The minimum atomic E-state index is -1.75. The summed E-state index contributed by atoms with van der Waals surface area (Å²) < 4.78 is 17.1. The maximum absolute atomic E-state index is 5.86. The van der Waals surface area contributed by atoms with Crippen LogP contribution in [-0.4, -0.2) is 18.9 Å². The normalized spacial score (nSPS) is 13.1. The molecule has 0 aliphatic heterocycles. The van der Waals surface area contributed by atoms with Crippen LogP contribution in [0.25, 0.3) is 0 Å². The molecule has 0 unspecified atom stereocenters. The Kier molecular flexibility index (Phi) is 5.00. The van der Waals surface area contributed by atoms with Crippen molar-refractivity contribution in [3.8, 4) is 5.88 Å². The van der Waals surface area contributed by atoms with Crippen LogP contribution < -0.4 is 4.74 Å². The van der Waals surface area contributed by atoms with Crippen molar-refractivity contribution >= 4 is 8.32 Å². The largest absolute Gasteiger partial charge is 0.517 e. The second kappa shape index (κ2) is 6.10. The highest BCUT2D eigenvalue weighted by atomic mass is 28.4. The van der Waals surface area contributed by atoms with Crippen LogP contribution in [-0.2, 0) is 9.16 Å². The fraction of sp³-hybridized carbons (Fsp3) is 0.500. The molecule has 4 nitrogen and oxygen atoms in total. The van der Waals surface area contributed by atoms with Gasteiger partial charge in [0.2, 0.25) is 14.2 Å². The van der Waals surface area contributed by atoms with E-state index in [0.29, 0.717) is 11.8 Å². The van der Waals surface area contributed by atoms with Crippen LogP contribution in [0.4, 0.5) is 0 Å². The number of nitrogens with zero attached hydrogens (tertiary/aromatic N) is 1. The van der Waals surface area contributed by atoms with Gasteiger partial charge >= 0.3 is 5.95 Å². The van der Waals surface area contributed by atoms with Crippen molar-refractivity contribution in [2.24, 2.45) is 0 Å². The first-order valence-corrected chi connectivity index (χ1v) is 9.72. The lowest BCUT2D eigenvalue weighted by Gasteiger charge is -2.27. The molecule has 0 spiro atoms. The van der Waals surface area contributed by atoms with Gasteiger partial charge in [0.15, 0.2) is 6.26 Å². The second-order valence-corrected chi connectivity index (χ2v) is 10.6. The lowest BCUT2D eigenvalue weighted by molar-refractivity contribution is -0.0133. The molecule has 1 heterocycles. The Balaban J connectivity index is 2.78. The zero-order valence-corrected chi connectivity index (χ0v) is 13.6. The van der Waals surface area contributed by atoms with Crippen LogP contribution in [0.15, 0.2) is 36.6 Å². The van der Waals surface area contributed by atoms with Crippen molar-refractivity contribution in [2.45, 2.75) is 46.0 Å². The van der Waals surface area contributed by atoms with Crippen molar-refractivity contribution in [1.29, 1.82) is 0 Å². The third-order valence-corrected chi connectivity index (χ3v) is 2.54. The summed E-state index contributed by atoms with van der Waals surface area (Å²) in [6, 6.07) is 5.47. The summed E-state index contributed by atoms with van der Waals surface area (Å²) in [5.41, 5.74) is -0.334. The number of pyridine rings is 1. The molecule has 0 fully saturated rings. The Morgan fingerprint density at radius 3 is 2.37 bits per heavy atom. The fourth-order valence-electron chi connectivity index (χ4n) is 1.20. The van der Waals surface area contributed by atoms with E-state index in [4.69, 9.17) is 13.9 Å². The maximum atomic E-state index is 5.86. The molecule has 0 amide bonds. The molecule has 1 aromatic heterocycles. The Hall–Kier alpha value is -1.49. The number of hydrogen-bond acceptors (Lipinski definition) is 4. The number of aromatic nitrogens is 1. The van der Waals surface area contributed by atoms with Crippen molar-refractivity contribution in [3.05, 3.63) is 36.6 Å². The highest BCUT2D eigenvalue weighted by molar-refractivity contribution is 6.69. The van der Waals surface area contributed by atoms with Gasteiger partial charge < -0.3 is 13.9 Å². The summed E-state index contributed by atoms with van der Waals surface area (Å²) in [5.74, 6) is 0.911. The van der Waals surface area contributed by atoms with E-state index in [9.17, 15) is 0 Å². The lowest BCUT2D eigenvalue weighted by atomic mass is 10.2. The molecule has 0 aliphatic carbocycles. The van der Waals surface area contributed by atoms with E-state index in [1.807, 2.05) is 32.9 Å². The van der Waals surface area contributed by atoms with Crippen molar-refractivity contribution in [3.63, 3.8) is 0 Å². The fourth-order valence-corrected chi connectivity index (χ4v) is 1.89. The molecule has 5 heteroatoms. The summed E-state index contributed by atoms with van der Waals surface area (Å²) in [4.78, 5) is 4.08. The minimum absolute atomic E-state index is 0.334. The topological polar surface area (TPSA) is 40.6 Å². The van der Waals surface area contributed by atoms with Crippen molar-refractivity contribution in [1.82, 2.24) is 4.98 Å². The van der Waals surface area contributed by atoms with Gasteiger partial charge in [0, 0.05) is 12.3 Å². The molecule has 1 aromatic rings. The van der Waals surface area contributed by atoms with Crippen LogP contribution >= 0.6 is 0 Å². The number of rotatable bonds is 5. The molecule has 0 saturated carbocycles. The standard InChI is InChI=1S/C14H23NO3Si/c1-14(2,3)17-13(18-19(4,5)6)11-16-12-9-7-8-10-15-12/h7-11H,1-6H3/b13-11-. The average Bonchev–Trinajstić information content (AvgIpc) is 2.23. The average molecular weight is 281 g/mol. The lowest BCUT2D eigenvalue weighted by Crippen LogP contribution is -2.29. The SMILES string of the molecule is CC(C)(C)O/C(=C/Oc1ccccn1)O[Si](C)(C)C. The zero-order chi connectivity index (χ0) is 14.5. The number of ether oxygens (including phenoxy) is 2. The summed E-state index contributed by atoms with van der Waals surface area (Å²) >= 11 is 0. The van der Waals surface area contributed by atoms with Crippen LogP contribution in [0.2, 0.25) is 19.6 Å². The smallest absolute Gasteiger partial charge is 0.302 e. The Labute approximate surface area is 116 Å². The van der Waals surface area contributed by atoms with E-state index in [-0.39, 0.29) is 5.60 Å². The third-order valence-electron chi connectivity index (χ3n) is 1.73. The summed E-state index contributed by atoms with van der Waals surface area (Å²) in [6.07, 6.45) is 3.15. The van der Waals surface area contributed by atoms with E-state index in [0.717, 1.165) is 0 Å². The molecule has 0 aliphatic rings. The van der Waals surface area contributed by atoms with Crippen molar-refractivity contribution in [2.75, 3.05) is 0 Å². The molecule has 0 N–H and O–H groups in total. The van der Waals surface area contributed by atoms with Gasteiger partial charge in [0.05, 0.1) is 0 Å². The van der Waals surface area contributed by atoms with Crippen LogP contribution in [0, 0.1) is 0 Å². The van der Waals surface area contributed by atoms with Gasteiger partial charge in [0.25, 0.3) is 0 Å². The molecule has 0 radical (unpaired) electrons. The molecule has 0 atom stereocenters. The predicted molar refractivity (Wildman–Crippen MR) is 78.2 cm³/mol. The third kappa shape index (κ3) is 7.51. The maximum Gasteiger partial charge on any atom is 0.302 e. The van der Waals surface area contributed by atoms with Gasteiger partial charge in [-0.3, -0.25) is 0 Å². The first kappa shape index (κ1) is 15.6. The molecule has 0 saturated heterocycles. The highest BCUT2D eigenvalue weighted by Crippen LogP contribution is 2.19. The van der Waals surface area contributed by atoms with Crippen LogP contribution in [0.1, 0.15) is 20.8 Å². The van der Waals surface area contributed by atoms with Gasteiger partial charge in [-0.25, -0.2) is 4.98 Å². The predicted octanol–water partition coefficient (Wildman–Crippen LogP) is 3.93. The zero-order valence-electron chi connectivity index (χ0n) is 12.6. The Morgan fingerprint density at radius 2 is 1.89 bits per heavy atom. The second-order valence-electron chi connectivity index (χ2n) is 6.15. The van der Waals surface area contributed by atoms with E-state index in [1.54, 1.807) is 12.3 Å². The quantitative estimate of drug-likeness (QED) is 0.606. The molecule has 0 aromatic carbocycles. The van der Waals surface area contributed by atoms with Crippen LogP contribution in [0.3, 0.4) is 0 Å². The highest BCUT2D eigenvalue weighted by Gasteiger charge is 2.22. The summed E-state index contributed by atoms with van der Waals surface area (Å²) in [6.45, 7) is 12.2. The molecule has 0 bridgehead atoms. The van der Waals surface area contributed by atoms with E-state index in [1.165, 1.54) is 6.26 Å². The van der Waals surface area contributed by atoms with Gasteiger partial charge in [-0.1, -0.05) is 6.07 Å². The Bertz CT molecular complexity index is 401. The molecular weight excluding hydrogens is 258 g/mol.